The highest BCUT2D eigenvalue weighted by Gasteiger charge is 2.52. The molecule has 0 amide bonds. The Morgan fingerprint density at radius 3 is 1.94 bits per heavy atom. The molecular weight excluding hydrogens is 438 g/mol. The van der Waals surface area contributed by atoms with Crippen LogP contribution in [0, 0.1) is 0 Å². The quantitative estimate of drug-likeness (QED) is 0.394. The van der Waals surface area contributed by atoms with Crippen LogP contribution in [0.15, 0.2) is 103 Å². The summed E-state index contributed by atoms with van der Waals surface area (Å²) in [5.74, 6) is -0.321. The summed E-state index contributed by atoms with van der Waals surface area (Å²) in [4.78, 5) is 15.1. The number of hydrogen-bond donors (Lipinski definition) is 0. The van der Waals surface area contributed by atoms with Gasteiger partial charge < -0.3 is 19.1 Å². The summed E-state index contributed by atoms with van der Waals surface area (Å²) in [6.07, 6.45) is 2.74. The molecule has 0 unspecified atom stereocenters. The Morgan fingerprint density at radius 2 is 1.34 bits per heavy atom. The first-order chi connectivity index (χ1) is 17.2. The first-order valence-corrected chi connectivity index (χ1v) is 12.2. The van der Waals surface area contributed by atoms with E-state index in [9.17, 15) is 4.79 Å². The van der Waals surface area contributed by atoms with Crippen LogP contribution in [0.2, 0.25) is 0 Å². The third kappa shape index (κ3) is 5.31. The lowest BCUT2D eigenvalue weighted by Gasteiger charge is -2.29. The van der Waals surface area contributed by atoms with Gasteiger partial charge in [-0.3, -0.25) is 0 Å². The minimum atomic E-state index is -0.321. The lowest BCUT2D eigenvalue weighted by molar-refractivity contribution is -0.0833. The minimum Gasteiger partial charge on any atom is -0.460 e. The molecule has 180 valence electrons. The monoisotopic (exact) mass is 469 g/mol. The fourth-order valence-electron chi connectivity index (χ4n) is 5.11. The van der Waals surface area contributed by atoms with Gasteiger partial charge in [-0.25, -0.2) is 4.79 Å². The summed E-state index contributed by atoms with van der Waals surface area (Å²) in [6, 6.07) is 29.5. The van der Waals surface area contributed by atoms with Crippen molar-refractivity contribution in [2.75, 3.05) is 6.61 Å². The van der Waals surface area contributed by atoms with Gasteiger partial charge in [0.1, 0.15) is 18.8 Å². The summed E-state index contributed by atoms with van der Waals surface area (Å²) in [6.45, 7) is 3.33. The van der Waals surface area contributed by atoms with Gasteiger partial charge in [0, 0.05) is 5.70 Å². The van der Waals surface area contributed by atoms with E-state index in [2.05, 4.69) is 42.2 Å². The molecule has 1 fully saturated rings. The Morgan fingerprint density at radius 1 is 0.800 bits per heavy atom. The van der Waals surface area contributed by atoms with Crippen LogP contribution < -0.4 is 0 Å². The van der Waals surface area contributed by atoms with Crippen LogP contribution in [0.5, 0.6) is 0 Å². The molecule has 3 aromatic rings. The molecule has 0 N–H and O–H groups in total. The molecule has 0 radical (unpaired) electrons. The number of carbonyl (C=O) groups is 1. The van der Waals surface area contributed by atoms with Crippen molar-refractivity contribution in [3.8, 4) is 0 Å². The lowest BCUT2D eigenvalue weighted by Crippen LogP contribution is -2.41. The first-order valence-electron chi connectivity index (χ1n) is 12.2. The molecule has 0 aromatic heterocycles. The van der Waals surface area contributed by atoms with Gasteiger partial charge in [0.05, 0.1) is 30.9 Å². The molecule has 4 atom stereocenters. The van der Waals surface area contributed by atoms with Gasteiger partial charge >= 0.3 is 5.97 Å². The van der Waals surface area contributed by atoms with E-state index in [4.69, 9.17) is 14.2 Å². The van der Waals surface area contributed by atoms with Crippen LogP contribution in [0.1, 0.15) is 34.8 Å². The highest BCUT2D eigenvalue weighted by atomic mass is 16.6. The molecule has 35 heavy (non-hydrogen) atoms. The van der Waals surface area contributed by atoms with Gasteiger partial charge in [-0.1, -0.05) is 84.9 Å². The molecule has 0 spiro atoms. The molecule has 2 aliphatic heterocycles. The van der Waals surface area contributed by atoms with Gasteiger partial charge in [-0.15, -0.1) is 0 Å². The number of hydrogen-bond acceptors (Lipinski definition) is 5. The highest BCUT2D eigenvalue weighted by Crippen LogP contribution is 2.40. The fraction of sp³-hybridized carbons (Fsp3) is 0.300. The third-order valence-electron chi connectivity index (χ3n) is 6.82. The molecule has 5 rings (SSSR count). The number of fused-ring (bicyclic) bond motifs is 1. The van der Waals surface area contributed by atoms with E-state index in [1.54, 1.807) is 12.1 Å². The molecule has 0 saturated carbocycles. The highest BCUT2D eigenvalue weighted by molar-refractivity contribution is 5.89. The van der Waals surface area contributed by atoms with Crippen molar-refractivity contribution >= 4 is 5.97 Å². The molecule has 3 aromatic carbocycles. The normalized spacial score (nSPS) is 23.1. The maximum Gasteiger partial charge on any atom is 0.338 e. The van der Waals surface area contributed by atoms with Crippen molar-refractivity contribution < 1.29 is 19.0 Å². The van der Waals surface area contributed by atoms with Crippen molar-refractivity contribution in [3.05, 3.63) is 119 Å². The fourth-order valence-corrected chi connectivity index (χ4v) is 5.11. The molecule has 2 aliphatic rings. The van der Waals surface area contributed by atoms with E-state index in [0.717, 1.165) is 17.5 Å². The number of ether oxygens (including phenoxy) is 3. The lowest BCUT2D eigenvalue weighted by atomic mass is 10.0. The topological polar surface area (TPSA) is 48.0 Å². The Labute approximate surface area is 206 Å². The van der Waals surface area contributed by atoms with Crippen molar-refractivity contribution in [3.63, 3.8) is 0 Å². The molecular formula is C30H31NO4. The summed E-state index contributed by atoms with van der Waals surface area (Å²) >= 11 is 0. The molecule has 2 heterocycles. The zero-order valence-electron chi connectivity index (χ0n) is 20.0. The van der Waals surface area contributed by atoms with Gasteiger partial charge in [-0.05, 0) is 36.6 Å². The average molecular weight is 470 g/mol. The van der Waals surface area contributed by atoms with Crippen molar-refractivity contribution in [1.29, 1.82) is 0 Å². The van der Waals surface area contributed by atoms with Crippen molar-refractivity contribution in [1.82, 2.24) is 4.90 Å². The Bertz CT molecular complexity index is 1130. The number of allylic oxidation sites excluding steroid dienone is 1. The average Bonchev–Trinajstić information content (AvgIpc) is 3.43. The summed E-state index contributed by atoms with van der Waals surface area (Å²) in [7, 11) is 0. The second-order valence-electron chi connectivity index (χ2n) is 9.11. The van der Waals surface area contributed by atoms with Crippen molar-refractivity contribution in [2.45, 2.75) is 50.8 Å². The van der Waals surface area contributed by atoms with Crippen LogP contribution in [0.25, 0.3) is 0 Å². The first kappa shape index (κ1) is 23.3. The standard InChI is InChI=1S/C30H31NO4/c1-22-17-18-26-28(33-19-23-11-5-2-6-12-23)29(34-20-24-13-7-3-8-14-24)27(31(22)26)21-35-30(32)25-15-9-4-10-16-25/h2-17,26-29H,18-21H2,1H3/t26-,27-,28+,29-/m1/s1. The molecule has 0 aliphatic carbocycles. The minimum absolute atomic E-state index is 0.129. The number of benzene rings is 3. The summed E-state index contributed by atoms with van der Waals surface area (Å²) in [5.41, 5.74) is 3.96. The largest absolute Gasteiger partial charge is 0.460 e. The Hall–Kier alpha value is -3.41. The van der Waals surface area contributed by atoms with Gasteiger partial charge in [0.2, 0.25) is 0 Å². The number of rotatable bonds is 9. The van der Waals surface area contributed by atoms with Crippen LogP contribution in [0.4, 0.5) is 0 Å². The molecule has 0 bridgehead atoms. The van der Waals surface area contributed by atoms with Gasteiger partial charge in [0.15, 0.2) is 0 Å². The summed E-state index contributed by atoms with van der Waals surface area (Å²) in [5, 5.41) is 0. The Kier molecular flexibility index (Phi) is 7.26. The second-order valence-corrected chi connectivity index (χ2v) is 9.11. The molecule has 5 nitrogen and oxygen atoms in total. The molecule has 5 heteroatoms. The van der Waals surface area contributed by atoms with Gasteiger partial charge in [0.25, 0.3) is 0 Å². The predicted octanol–water partition coefficient (Wildman–Crippen LogP) is 5.37. The van der Waals surface area contributed by atoms with E-state index < -0.39 is 0 Å². The van der Waals surface area contributed by atoms with Gasteiger partial charge in [-0.2, -0.15) is 0 Å². The predicted molar refractivity (Wildman–Crippen MR) is 135 cm³/mol. The number of carbonyl (C=O) groups excluding carboxylic acids is 1. The Balaban J connectivity index is 1.36. The zero-order valence-corrected chi connectivity index (χ0v) is 20.0. The van der Waals surface area contributed by atoms with Crippen LogP contribution in [-0.2, 0) is 27.4 Å². The van der Waals surface area contributed by atoms with E-state index in [-0.39, 0.29) is 36.9 Å². The third-order valence-corrected chi connectivity index (χ3v) is 6.82. The van der Waals surface area contributed by atoms with E-state index in [0.29, 0.717) is 18.8 Å². The van der Waals surface area contributed by atoms with E-state index in [1.807, 2.05) is 54.6 Å². The van der Waals surface area contributed by atoms with E-state index >= 15 is 0 Å². The van der Waals surface area contributed by atoms with E-state index in [1.165, 1.54) is 5.70 Å². The smallest absolute Gasteiger partial charge is 0.338 e. The maximum atomic E-state index is 12.7. The summed E-state index contributed by atoms with van der Waals surface area (Å²) < 4.78 is 18.9. The number of esters is 1. The second kappa shape index (κ2) is 10.9. The van der Waals surface area contributed by atoms with Crippen LogP contribution in [-0.4, -0.2) is 41.8 Å². The zero-order chi connectivity index (χ0) is 24.0. The number of nitrogens with zero attached hydrogens (tertiary/aromatic N) is 1. The molecule has 1 saturated heterocycles. The SMILES string of the molecule is CC1=CC[C@@H]2[C@H](OCc3ccccc3)[C@H](OCc3ccccc3)[C@@H](COC(=O)c3ccccc3)N12. The maximum absolute atomic E-state index is 12.7. The van der Waals surface area contributed by atoms with Crippen molar-refractivity contribution in [2.24, 2.45) is 0 Å². The van der Waals surface area contributed by atoms with Crippen LogP contribution >= 0.6 is 0 Å². The van der Waals surface area contributed by atoms with Crippen LogP contribution in [0.3, 0.4) is 0 Å².